The molecule has 4 atom stereocenters. The van der Waals surface area contributed by atoms with Crippen LogP contribution in [-0.4, -0.2) is 80.8 Å². The number of carbonyl (C=O) groups excluding carboxylic acids is 4. The van der Waals surface area contributed by atoms with Gasteiger partial charge >= 0.3 is 5.97 Å². The van der Waals surface area contributed by atoms with Crippen molar-refractivity contribution >= 4 is 29.6 Å². The molecular formula is C30H38N6O6. The van der Waals surface area contributed by atoms with Crippen LogP contribution in [0.5, 0.6) is 0 Å². The molecule has 4 N–H and O–H groups in total. The number of carboxylic acids is 1. The molecule has 2 aliphatic rings. The molecule has 2 heterocycles. The Balaban J connectivity index is 1.46. The SMILES string of the molecule is CC(C)C(NC(=O)[C@@H](NC(=O)c1cnccn1)C1CCCCC1)C(=O)N[C@H]1CN(C(=O)c2ccccc2)C[C@H]1C(=O)O. The van der Waals surface area contributed by atoms with Crippen LogP contribution in [0.25, 0.3) is 0 Å². The van der Waals surface area contributed by atoms with Crippen LogP contribution in [0.15, 0.2) is 48.9 Å². The highest BCUT2D eigenvalue weighted by atomic mass is 16.4. The largest absolute Gasteiger partial charge is 0.481 e. The van der Waals surface area contributed by atoms with E-state index in [-0.39, 0.29) is 36.5 Å². The van der Waals surface area contributed by atoms with E-state index in [2.05, 4.69) is 25.9 Å². The number of likely N-dealkylation sites (tertiary alicyclic amines) is 1. The van der Waals surface area contributed by atoms with Gasteiger partial charge in [-0.1, -0.05) is 51.3 Å². The summed E-state index contributed by atoms with van der Waals surface area (Å²) in [5, 5.41) is 18.3. The van der Waals surface area contributed by atoms with Gasteiger partial charge in [0, 0.05) is 31.0 Å². The number of nitrogens with zero attached hydrogens (tertiary/aromatic N) is 3. The van der Waals surface area contributed by atoms with Gasteiger partial charge in [0.25, 0.3) is 11.8 Å². The lowest BCUT2D eigenvalue weighted by atomic mass is 9.83. The zero-order valence-corrected chi connectivity index (χ0v) is 23.9. The quantitative estimate of drug-likeness (QED) is 0.330. The predicted molar refractivity (Wildman–Crippen MR) is 152 cm³/mol. The van der Waals surface area contributed by atoms with Crippen LogP contribution in [0, 0.1) is 17.8 Å². The van der Waals surface area contributed by atoms with Crippen molar-refractivity contribution in [1.82, 2.24) is 30.8 Å². The van der Waals surface area contributed by atoms with Crippen molar-refractivity contribution < 1.29 is 29.1 Å². The number of benzene rings is 1. The first kappa shape index (κ1) is 30.6. The molecule has 1 saturated heterocycles. The molecule has 2 aromatic rings. The van der Waals surface area contributed by atoms with Crippen molar-refractivity contribution in [3.63, 3.8) is 0 Å². The molecule has 1 aliphatic carbocycles. The molecule has 1 unspecified atom stereocenters. The summed E-state index contributed by atoms with van der Waals surface area (Å²) in [6.45, 7) is 3.51. The third-order valence-corrected chi connectivity index (χ3v) is 8.01. The lowest BCUT2D eigenvalue weighted by Gasteiger charge is -2.32. The summed E-state index contributed by atoms with van der Waals surface area (Å²) in [6, 6.07) is 5.82. The number of hydrogen-bond donors (Lipinski definition) is 4. The Hall–Kier alpha value is -4.35. The highest BCUT2D eigenvalue weighted by molar-refractivity contribution is 5.97. The molecular weight excluding hydrogens is 540 g/mol. The molecule has 0 bridgehead atoms. The molecule has 1 aliphatic heterocycles. The zero-order valence-electron chi connectivity index (χ0n) is 23.9. The molecule has 0 radical (unpaired) electrons. The fourth-order valence-electron chi connectivity index (χ4n) is 5.68. The van der Waals surface area contributed by atoms with Gasteiger partial charge in [0.1, 0.15) is 17.8 Å². The Morgan fingerprint density at radius 3 is 2.26 bits per heavy atom. The van der Waals surface area contributed by atoms with E-state index in [4.69, 9.17) is 0 Å². The molecule has 12 heteroatoms. The minimum absolute atomic E-state index is 0.0219. The lowest BCUT2D eigenvalue weighted by molar-refractivity contribution is -0.142. The molecule has 0 spiro atoms. The number of rotatable bonds is 10. The normalized spacial score (nSPS) is 20.4. The molecule has 42 heavy (non-hydrogen) atoms. The molecule has 2 fully saturated rings. The second-order valence-corrected chi connectivity index (χ2v) is 11.3. The van der Waals surface area contributed by atoms with Crippen molar-refractivity contribution in [2.45, 2.75) is 64.1 Å². The highest BCUT2D eigenvalue weighted by Crippen LogP contribution is 2.27. The molecule has 224 valence electrons. The van der Waals surface area contributed by atoms with Gasteiger partial charge in [-0.2, -0.15) is 0 Å². The minimum Gasteiger partial charge on any atom is -0.481 e. The van der Waals surface area contributed by atoms with E-state index in [9.17, 15) is 29.1 Å². The Morgan fingerprint density at radius 1 is 0.929 bits per heavy atom. The van der Waals surface area contributed by atoms with Crippen LogP contribution in [-0.2, 0) is 14.4 Å². The Bertz CT molecular complexity index is 1270. The second kappa shape index (κ2) is 14.0. The zero-order chi connectivity index (χ0) is 30.2. The minimum atomic E-state index is -1.13. The highest BCUT2D eigenvalue weighted by Gasteiger charge is 2.42. The van der Waals surface area contributed by atoms with E-state index < -0.39 is 47.7 Å². The Labute approximate surface area is 244 Å². The first-order valence-electron chi connectivity index (χ1n) is 14.4. The third-order valence-electron chi connectivity index (χ3n) is 8.01. The van der Waals surface area contributed by atoms with Crippen LogP contribution < -0.4 is 16.0 Å². The van der Waals surface area contributed by atoms with Crippen LogP contribution in [0.2, 0.25) is 0 Å². The monoisotopic (exact) mass is 578 g/mol. The van der Waals surface area contributed by atoms with Crippen LogP contribution >= 0.6 is 0 Å². The van der Waals surface area contributed by atoms with Crippen LogP contribution in [0.3, 0.4) is 0 Å². The maximum atomic E-state index is 13.6. The summed E-state index contributed by atoms with van der Waals surface area (Å²) in [6.07, 6.45) is 8.59. The van der Waals surface area contributed by atoms with Crippen molar-refractivity contribution in [1.29, 1.82) is 0 Å². The average Bonchev–Trinajstić information content (AvgIpc) is 3.43. The smallest absolute Gasteiger partial charge is 0.310 e. The molecule has 1 saturated carbocycles. The first-order chi connectivity index (χ1) is 20.2. The molecule has 1 aromatic carbocycles. The van der Waals surface area contributed by atoms with Crippen molar-refractivity contribution in [3.8, 4) is 0 Å². The summed E-state index contributed by atoms with van der Waals surface area (Å²) >= 11 is 0. The number of nitrogens with one attached hydrogen (secondary N) is 3. The van der Waals surface area contributed by atoms with Gasteiger partial charge in [0.15, 0.2) is 0 Å². The number of carboxylic acid groups (broad SMARTS) is 1. The van der Waals surface area contributed by atoms with E-state index in [0.717, 1.165) is 32.1 Å². The Kier molecular flexibility index (Phi) is 10.2. The predicted octanol–water partition coefficient (Wildman–Crippen LogP) is 1.64. The van der Waals surface area contributed by atoms with E-state index in [0.29, 0.717) is 5.56 Å². The van der Waals surface area contributed by atoms with Crippen LogP contribution in [0.4, 0.5) is 0 Å². The fraction of sp³-hybridized carbons (Fsp3) is 0.500. The third kappa shape index (κ3) is 7.48. The van der Waals surface area contributed by atoms with E-state index >= 15 is 0 Å². The summed E-state index contributed by atoms with van der Waals surface area (Å²) in [5.74, 6) is -4.48. The van der Waals surface area contributed by atoms with Crippen molar-refractivity contribution in [2.24, 2.45) is 17.8 Å². The standard InChI is InChI=1S/C30H38N6O6/c1-18(2)24(27(38)33-23-17-36(16-21(23)30(41)42)29(40)20-11-7-4-8-12-20)34-28(39)25(19-9-5-3-6-10-19)35-26(37)22-15-31-13-14-32-22/h4,7-8,11-15,18-19,21,23-25H,3,5-6,9-10,16-17H2,1-2H3,(H,33,38)(H,34,39)(H,35,37)(H,41,42)/t21-,23+,24?,25+/m1/s1. The van der Waals surface area contributed by atoms with Gasteiger partial charge < -0.3 is 26.0 Å². The summed E-state index contributed by atoms with van der Waals surface area (Å²) < 4.78 is 0. The van der Waals surface area contributed by atoms with Crippen LogP contribution in [0.1, 0.15) is 66.8 Å². The maximum Gasteiger partial charge on any atom is 0.310 e. The molecule has 4 rings (SSSR count). The summed E-state index contributed by atoms with van der Waals surface area (Å²) in [4.78, 5) is 74.5. The van der Waals surface area contributed by atoms with E-state index in [1.165, 1.54) is 23.5 Å². The average molecular weight is 579 g/mol. The first-order valence-corrected chi connectivity index (χ1v) is 14.4. The summed E-state index contributed by atoms with van der Waals surface area (Å²) in [7, 11) is 0. The van der Waals surface area contributed by atoms with Gasteiger partial charge in [-0.3, -0.25) is 29.0 Å². The number of amides is 4. The number of aromatic nitrogens is 2. The van der Waals surface area contributed by atoms with Gasteiger partial charge in [0.05, 0.1) is 18.2 Å². The topological polar surface area (TPSA) is 171 Å². The summed E-state index contributed by atoms with van der Waals surface area (Å²) in [5.41, 5.74) is 0.512. The van der Waals surface area contributed by atoms with Gasteiger partial charge in [-0.25, -0.2) is 4.98 Å². The fourth-order valence-corrected chi connectivity index (χ4v) is 5.68. The van der Waals surface area contributed by atoms with Gasteiger partial charge in [-0.15, -0.1) is 0 Å². The maximum absolute atomic E-state index is 13.6. The molecule has 1 aromatic heterocycles. The Morgan fingerprint density at radius 2 is 1.64 bits per heavy atom. The number of hydrogen-bond acceptors (Lipinski definition) is 7. The number of aliphatic carboxylic acids is 1. The number of carbonyl (C=O) groups is 5. The van der Waals surface area contributed by atoms with Crippen molar-refractivity contribution in [2.75, 3.05) is 13.1 Å². The van der Waals surface area contributed by atoms with E-state index in [1.807, 2.05) is 0 Å². The van der Waals surface area contributed by atoms with Crippen molar-refractivity contribution in [3.05, 3.63) is 60.2 Å². The second-order valence-electron chi connectivity index (χ2n) is 11.3. The molecule has 12 nitrogen and oxygen atoms in total. The lowest BCUT2D eigenvalue weighted by Crippen LogP contribution is -2.59. The van der Waals surface area contributed by atoms with E-state index in [1.54, 1.807) is 44.2 Å². The van der Waals surface area contributed by atoms with Gasteiger partial charge in [0.2, 0.25) is 11.8 Å². The van der Waals surface area contributed by atoms with Gasteiger partial charge in [-0.05, 0) is 36.8 Å². The molecule has 4 amide bonds.